The van der Waals surface area contributed by atoms with Gasteiger partial charge in [-0.2, -0.15) is 0 Å². The number of anilines is 1. The number of ether oxygens (including phenoxy) is 2. The molecule has 138 valence electrons. The highest BCUT2D eigenvalue weighted by Crippen LogP contribution is 2.33. The minimum atomic E-state index is -4.03. The topological polar surface area (TPSA) is 125 Å². The van der Waals surface area contributed by atoms with Crippen LogP contribution in [0.4, 0.5) is 11.4 Å². The third-order valence-corrected chi connectivity index (χ3v) is 4.84. The van der Waals surface area contributed by atoms with Gasteiger partial charge in [-0.15, -0.1) is 0 Å². The van der Waals surface area contributed by atoms with Crippen LogP contribution < -0.4 is 19.5 Å². The van der Waals surface area contributed by atoms with E-state index in [-0.39, 0.29) is 22.4 Å². The van der Waals surface area contributed by atoms with E-state index >= 15 is 0 Å². The first kappa shape index (κ1) is 18.0. The number of hydrogen-bond donors (Lipinski definition) is 1. The molecule has 2 aromatic rings. The number of hydrogen-bond acceptors (Lipinski definition) is 7. The van der Waals surface area contributed by atoms with Gasteiger partial charge in [0, 0.05) is 13.1 Å². The van der Waals surface area contributed by atoms with E-state index < -0.39 is 14.9 Å². The molecule has 0 radical (unpaired) electrons. The summed E-state index contributed by atoms with van der Waals surface area (Å²) in [7, 11) is -2.37. The van der Waals surface area contributed by atoms with Crippen LogP contribution in [0.3, 0.4) is 0 Å². The number of nitro benzene ring substituents is 1. The molecule has 0 fully saturated rings. The second-order valence-electron chi connectivity index (χ2n) is 5.83. The number of nitrogens with zero attached hydrogens (tertiary/aromatic N) is 2. The Kier molecular flexibility index (Phi) is 4.70. The van der Waals surface area contributed by atoms with E-state index in [4.69, 9.17) is 14.6 Å². The minimum absolute atomic E-state index is 0.254. The fourth-order valence-electron chi connectivity index (χ4n) is 2.71. The average molecular weight is 379 g/mol. The van der Waals surface area contributed by atoms with Crippen molar-refractivity contribution < 1.29 is 22.8 Å². The molecule has 26 heavy (non-hydrogen) atoms. The third kappa shape index (κ3) is 3.70. The molecule has 9 nitrogen and oxygen atoms in total. The number of rotatable bonds is 5. The third-order valence-electron chi connectivity index (χ3n) is 3.93. The first-order valence-electron chi connectivity index (χ1n) is 7.66. The average Bonchev–Trinajstić information content (AvgIpc) is 2.60. The highest BCUT2D eigenvalue weighted by Gasteiger charge is 2.26. The summed E-state index contributed by atoms with van der Waals surface area (Å²) in [6, 6.07) is 10.8. The van der Waals surface area contributed by atoms with Crippen molar-refractivity contribution in [1.29, 1.82) is 0 Å². The summed E-state index contributed by atoms with van der Waals surface area (Å²) in [6.45, 7) is 0.605. The monoisotopic (exact) mass is 379 g/mol. The van der Waals surface area contributed by atoms with Gasteiger partial charge in [0.05, 0.1) is 16.4 Å². The van der Waals surface area contributed by atoms with E-state index in [1.807, 2.05) is 12.1 Å². The second kappa shape index (κ2) is 6.81. The molecule has 1 aliphatic rings. The minimum Gasteiger partial charge on any atom is -0.486 e. The first-order chi connectivity index (χ1) is 12.3. The van der Waals surface area contributed by atoms with Crippen LogP contribution in [-0.4, -0.2) is 39.6 Å². The Labute approximate surface area is 150 Å². The normalized spacial score (nSPS) is 16.2. The molecule has 0 aromatic heterocycles. The quantitative estimate of drug-likeness (QED) is 0.616. The lowest BCUT2D eigenvalue weighted by atomic mass is 10.2. The van der Waals surface area contributed by atoms with E-state index in [0.717, 1.165) is 6.07 Å². The molecule has 0 saturated heterocycles. The summed E-state index contributed by atoms with van der Waals surface area (Å²) < 4.78 is 34.3. The van der Waals surface area contributed by atoms with E-state index in [9.17, 15) is 18.5 Å². The zero-order chi connectivity index (χ0) is 18.9. The maximum Gasteiger partial charge on any atom is 0.293 e. The van der Waals surface area contributed by atoms with Crippen LogP contribution >= 0.6 is 0 Å². The fraction of sp³-hybridized carbons (Fsp3) is 0.250. The molecular weight excluding hydrogens is 362 g/mol. The molecule has 1 heterocycles. The van der Waals surface area contributed by atoms with Crippen molar-refractivity contribution in [3.05, 3.63) is 52.6 Å². The van der Waals surface area contributed by atoms with Gasteiger partial charge in [-0.3, -0.25) is 10.1 Å². The SMILES string of the molecule is CN(C[C@@H]1COc2ccccc2O1)c1ccc(S(N)(=O)=O)cc1[N+](=O)[O-]. The Balaban J connectivity index is 1.82. The maximum atomic E-state index is 11.4. The van der Waals surface area contributed by atoms with Crippen LogP contribution in [0.25, 0.3) is 0 Å². The Morgan fingerprint density at radius 1 is 1.27 bits per heavy atom. The molecule has 1 aliphatic heterocycles. The molecule has 3 rings (SSSR count). The molecule has 0 bridgehead atoms. The van der Waals surface area contributed by atoms with Gasteiger partial charge in [0.1, 0.15) is 12.3 Å². The molecule has 0 saturated carbocycles. The van der Waals surface area contributed by atoms with Gasteiger partial charge in [-0.25, -0.2) is 13.6 Å². The van der Waals surface area contributed by atoms with Gasteiger partial charge < -0.3 is 14.4 Å². The number of sulfonamides is 1. The zero-order valence-corrected chi connectivity index (χ0v) is 14.7. The number of primary sulfonamides is 1. The predicted octanol–water partition coefficient (Wildman–Crippen LogP) is 1.52. The summed E-state index contributed by atoms with van der Waals surface area (Å²) >= 11 is 0. The van der Waals surface area contributed by atoms with Gasteiger partial charge in [0.15, 0.2) is 17.6 Å². The molecule has 2 N–H and O–H groups in total. The van der Waals surface area contributed by atoms with Crippen molar-refractivity contribution in [3.8, 4) is 11.5 Å². The summed E-state index contributed by atoms with van der Waals surface area (Å²) in [5.74, 6) is 1.26. The molecule has 0 aliphatic carbocycles. The Hall–Kier alpha value is -2.85. The van der Waals surface area contributed by atoms with E-state index in [2.05, 4.69) is 0 Å². The maximum absolute atomic E-state index is 11.4. The summed E-state index contributed by atoms with van der Waals surface area (Å²) in [4.78, 5) is 12.0. The van der Waals surface area contributed by atoms with Gasteiger partial charge >= 0.3 is 0 Å². The highest BCUT2D eigenvalue weighted by atomic mass is 32.2. The number of nitrogens with two attached hydrogens (primary N) is 1. The van der Waals surface area contributed by atoms with Crippen LogP contribution in [-0.2, 0) is 10.0 Å². The van der Waals surface area contributed by atoms with Crippen molar-refractivity contribution in [2.45, 2.75) is 11.0 Å². The van der Waals surface area contributed by atoms with Gasteiger partial charge in [-0.05, 0) is 24.3 Å². The number of nitro groups is 1. The van der Waals surface area contributed by atoms with Crippen molar-refractivity contribution in [1.82, 2.24) is 0 Å². The summed E-state index contributed by atoms with van der Waals surface area (Å²) in [6.07, 6.45) is -0.340. The van der Waals surface area contributed by atoms with Gasteiger partial charge in [0.25, 0.3) is 5.69 Å². The lowest BCUT2D eigenvalue weighted by molar-refractivity contribution is -0.384. The molecule has 0 spiro atoms. The summed E-state index contributed by atoms with van der Waals surface area (Å²) in [5.41, 5.74) is -0.0963. The predicted molar refractivity (Wildman–Crippen MR) is 94.1 cm³/mol. The lowest BCUT2D eigenvalue weighted by Crippen LogP contribution is -2.39. The standard InChI is InChI=1S/C16H17N3O6S/c1-18(9-11-10-24-15-4-2-3-5-16(15)25-11)13-7-6-12(26(17,22)23)8-14(13)19(20)21/h2-8,11H,9-10H2,1H3,(H2,17,22,23)/t11-/m1/s1. The molecule has 2 aromatic carbocycles. The number of fused-ring (bicyclic) bond motifs is 1. The largest absolute Gasteiger partial charge is 0.486 e. The van der Waals surface area contributed by atoms with Crippen molar-refractivity contribution in [2.75, 3.05) is 25.1 Å². The van der Waals surface area contributed by atoms with Crippen LogP contribution in [0.15, 0.2) is 47.4 Å². The van der Waals surface area contributed by atoms with Crippen molar-refractivity contribution >= 4 is 21.4 Å². The van der Waals surface area contributed by atoms with Crippen LogP contribution in [0.2, 0.25) is 0 Å². The second-order valence-corrected chi connectivity index (χ2v) is 7.39. The smallest absolute Gasteiger partial charge is 0.293 e. The van der Waals surface area contributed by atoms with Crippen LogP contribution in [0, 0.1) is 10.1 Å². The molecule has 10 heteroatoms. The molecule has 0 unspecified atom stereocenters. The first-order valence-corrected chi connectivity index (χ1v) is 9.21. The van der Waals surface area contributed by atoms with E-state index in [1.165, 1.54) is 12.1 Å². The number of benzene rings is 2. The van der Waals surface area contributed by atoms with Gasteiger partial charge in [-0.1, -0.05) is 12.1 Å². The number of likely N-dealkylation sites (N-methyl/N-ethyl adjacent to an activating group) is 1. The van der Waals surface area contributed by atoms with Crippen molar-refractivity contribution in [2.24, 2.45) is 5.14 Å². The number of para-hydroxylation sites is 2. The lowest BCUT2D eigenvalue weighted by Gasteiger charge is -2.30. The van der Waals surface area contributed by atoms with Crippen LogP contribution in [0.1, 0.15) is 0 Å². The van der Waals surface area contributed by atoms with Crippen LogP contribution in [0.5, 0.6) is 11.5 Å². The fourth-order valence-corrected chi connectivity index (χ4v) is 3.24. The zero-order valence-electron chi connectivity index (χ0n) is 13.9. The molecule has 1 atom stereocenters. The Morgan fingerprint density at radius 3 is 2.62 bits per heavy atom. The Bertz CT molecular complexity index is 947. The summed E-state index contributed by atoms with van der Waals surface area (Å²) in [5, 5.41) is 16.4. The molecule has 0 amide bonds. The van der Waals surface area contributed by atoms with Crippen molar-refractivity contribution in [3.63, 3.8) is 0 Å². The highest BCUT2D eigenvalue weighted by molar-refractivity contribution is 7.89. The Morgan fingerprint density at radius 2 is 1.96 bits per heavy atom. The van der Waals surface area contributed by atoms with E-state index in [1.54, 1.807) is 24.1 Å². The van der Waals surface area contributed by atoms with E-state index in [0.29, 0.717) is 24.7 Å². The van der Waals surface area contributed by atoms with Gasteiger partial charge in [0.2, 0.25) is 10.0 Å². The molecular formula is C16H17N3O6S.